The van der Waals surface area contributed by atoms with Gasteiger partial charge in [0.1, 0.15) is 5.57 Å². The molecule has 1 aliphatic rings. The number of rotatable bonds is 5. The number of anilines is 1. The van der Waals surface area contributed by atoms with Gasteiger partial charge in [0.2, 0.25) is 0 Å². The highest BCUT2D eigenvalue weighted by Gasteiger charge is 2.36. The highest BCUT2D eigenvalue weighted by Crippen LogP contribution is 2.26. The molecule has 1 N–H and O–H groups in total. The Morgan fingerprint density at radius 3 is 2.29 bits per heavy atom. The summed E-state index contributed by atoms with van der Waals surface area (Å²) in [5.41, 5.74) is 3.81. The first-order valence-electron chi connectivity index (χ1n) is 10.7. The number of aryl methyl sites for hydroxylation is 1. The van der Waals surface area contributed by atoms with E-state index in [1.165, 1.54) is 6.08 Å². The highest BCUT2D eigenvalue weighted by molar-refractivity contribution is 6.39. The van der Waals surface area contributed by atoms with E-state index in [0.29, 0.717) is 23.4 Å². The minimum atomic E-state index is -0.787. The molecule has 1 fully saturated rings. The lowest BCUT2D eigenvalue weighted by molar-refractivity contribution is -0.122. The summed E-state index contributed by atoms with van der Waals surface area (Å²) >= 11 is 0. The van der Waals surface area contributed by atoms with E-state index in [0.717, 1.165) is 22.0 Å². The van der Waals surface area contributed by atoms with Crippen LogP contribution in [0.1, 0.15) is 34.2 Å². The van der Waals surface area contributed by atoms with Crippen LogP contribution in [0.4, 0.5) is 10.5 Å². The van der Waals surface area contributed by atoms with Gasteiger partial charge >= 0.3 is 12.0 Å². The van der Waals surface area contributed by atoms with Crippen molar-refractivity contribution in [2.75, 3.05) is 11.5 Å². The van der Waals surface area contributed by atoms with Gasteiger partial charge in [-0.25, -0.2) is 14.5 Å². The fraction of sp³-hybridized carbons (Fsp3) is 0.154. The number of barbiturate groups is 1. The summed E-state index contributed by atoms with van der Waals surface area (Å²) in [6.07, 6.45) is 1.49. The Bertz CT molecular complexity index is 1320. The number of nitrogens with zero attached hydrogens (tertiary/aromatic N) is 2. The number of benzene rings is 2. The molecule has 3 aromatic rings. The van der Waals surface area contributed by atoms with E-state index in [1.54, 1.807) is 61.5 Å². The van der Waals surface area contributed by atoms with Crippen LogP contribution in [-0.4, -0.2) is 35.0 Å². The van der Waals surface area contributed by atoms with Crippen molar-refractivity contribution >= 4 is 35.6 Å². The molecule has 172 valence electrons. The summed E-state index contributed by atoms with van der Waals surface area (Å²) in [5.74, 6) is -1.82. The molecule has 0 atom stereocenters. The minimum Gasteiger partial charge on any atom is -0.462 e. The van der Waals surface area contributed by atoms with E-state index >= 15 is 0 Å². The van der Waals surface area contributed by atoms with Crippen molar-refractivity contribution in [1.82, 2.24) is 9.88 Å². The number of hydrogen-bond acceptors (Lipinski definition) is 5. The third kappa shape index (κ3) is 4.13. The molecule has 1 saturated heterocycles. The fourth-order valence-electron chi connectivity index (χ4n) is 3.92. The van der Waals surface area contributed by atoms with E-state index in [9.17, 15) is 19.2 Å². The maximum atomic E-state index is 13.1. The number of carbonyl (C=O) groups excluding carboxylic acids is 4. The lowest BCUT2D eigenvalue weighted by Crippen LogP contribution is -2.54. The molecule has 0 spiro atoms. The van der Waals surface area contributed by atoms with E-state index in [-0.39, 0.29) is 11.5 Å². The van der Waals surface area contributed by atoms with Crippen molar-refractivity contribution in [2.45, 2.75) is 20.8 Å². The van der Waals surface area contributed by atoms with E-state index in [2.05, 4.69) is 5.32 Å². The van der Waals surface area contributed by atoms with Crippen LogP contribution < -0.4 is 10.2 Å². The minimum absolute atomic E-state index is 0.138. The van der Waals surface area contributed by atoms with Gasteiger partial charge in [0.25, 0.3) is 11.8 Å². The van der Waals surface area contributed by atoms with Crippen molar-refractivity contribution in [1.29, 1.82) is 0 Å². The molecular formula is C26H23N3O5. The van der Waals surface area contributed by atoms with Crippen molar-refractivity contribution < 1.29 is 23.9 Å². The molecule has 1 aliphatic heterocycles. The van der Waals surface area contributed by atoms with Crippen molar-refractivity contribution in [3.8, 4) is 5.69 Å². The molecule has 2 aromatic carbocycles. The zero-order valence-electron chi connectivity index (χ0n) is 19.0. The Balaban J connectivity index is 1.69. The number of amides is 4. The van der Waals surface area contributed by atoms with Crippen LogP contribution >= 0.6 is 0 Å². The van der Waals surface area contributed by atoms with Crippen LogP contribution in [0.2, 0.25) is 0 Å². The number of ether oxygens (including phenoxy) is 1. The number of carbonyl (C=O) groups is 4. The van der Waals surface area contributed by atoms with Crippen molar-refractivity contribution in [2.24, 2.45) is 0 Å². The van der Waals surface area contributed by atoms with Gasteiger partial charge in [-0.2, -0.15) is 0 Å². The Labute approximate surface area is 196 Å². The smallest absolute Gasteiger partial charge is 0.338 e. The zero-order valence-corrected chi connectivity index (χ0v) is 19.0. The summed E-state index contributed by atoms with van der Waals surface area (Å²) in [5, 5.41) is 2.24. The first-order chi connectivity index (χ1) is 16.3. The zero-order chi connectivity index (χ0) is 24.4. The molecular weight excluding hydrogens is 434 g/mol. The Morgan fingerprint density at radius 2 is 1.65 bits per heavy atom. The molecule has 34 heavy (non-hydrogen) atoms. The van der Waals surface area contributed by atoms with Gasteiger partial charge in [-0.05, 0) is 74.9 Å². The second kappa shape index (κ2) is 9.19. The predicted octanol–water partition coefficient (Wildman–Crippen LogP) is 3.94. The monoisotopic (exact) mass is 457 g/mol. The first kappa shape index (κ1) is 22.7. The summed E-state index contributed by atoms with van der Waals surface area (Å²) in [4.78, 5) is 50.9. The topological polar surface area (TPSA) is 97.7 Å². The van der Waals surface area contributed by atoms with E-state index in [4.69, 9.17) is 4.74 Å². The second-order valence-electron chi connectivity index (χ2n) is 7.72. The van der Waals surface area contributed by atoms with Gasteiger partial charge in [0.15, 0.2) is 0 Å². The summed E-state index contributed by atoms with van der Waals surface area (Å²) in [7, 11) is 0. The number of para-hydroxylation sites is 1. The quantitative estimate of drug-likeness (QED) is 0.356. The standard InChI is InChI=1S/C26H23N3O5/c1-4-34-25(32)18-10-12-21(13-11-18)28-16(2)14-19(17(28)3)15-22-23(30)27-26(33)29(24(22)31)20-8-6-5-7-9-20/h5-15H,4H2,1-3H3,(H,27,30,33)/b22-15-. The third-order valence-corrected chi connectivity index (χ3v) is 5.52. The van der Waals surface area contributed by atoms with Crippen molar-refractivity contribution in [3.05, 3.63) is 88.8 Å². The Morgan fingerprint density at radius 1 is 0.971 bits per heavy atom. The summed E-state index contributed by atoms with van der Waals surface area (Å²) < 4.78 is 6.98. The van der Waals surface area contributed by atoms with Crippen LogP contribution in [0, 0.1) is 13.8 Å². The van der Waals surface area contributed by atoms with E-state index < -0.39 is 17.8 Å². The van der Waals surface area contributed by atoms with Gasteiger partial charge in [0, 0.05) is 17.1 Å². The van der Waals surface area contributed by atoms with Crippen molar-refractivity contribution in [3.63, 3.8) is 0 Å². The Hall–Kier alpha value is -4.46. The lowest BCUT2D eigenvalue weighted by Gasteiger charge is -2.26. The van der Waals surface area contributed by atoms with Crippen LogP contribution in [0.3, 0.4) is 0 Å². The number of esters is 1. The van der Waals surface area contributed by atoms with Crippen LogP contribution in [0.5, 0.6) is 0 Å². The number of aromatic nitrogens is 1. The highest BCUT2D eigenvalue weighted by atomic mass is 16.5. The van der Waals surface area contributed by atoms with Gasteiger partial charge < -0.3 is 9.30 Å². The van der Waals surface area contributed by atoms with Gasteiger partial charge in [-0.3, -0.25) is 14.9 Å². The number of hydrogen-bond donors (Lipinski definition) is 1. The van der Waals surface area contributed by atoms with Crippen LogP contribution in [0.25, 0.3) is 11.8 Å². The maximum Gasteiger partial charge on any atom is 0.338 e. The molecule has 0 aliphatic carbocycles. The average Bonchev–Trinajstić information content (AvgIpc) is 3.10. The largest absolute Gasteiger partial charge is 0.462 e. The number of nitrogens with one attached hydrogen (secondary N) is 1. The fourth-order valence-corrected chi connectivity index (χ4v) is 3.92. The molecule has 2 heterocycles. The molecule has 4 amide bonds. The number of imide groups is 2. The average molecular weight is 457 g/mol. The van der Waals surface area contributed by atoms with Crippen LogP contribution in [0.15, 0.2) is 66.2 Å². The normalized spacial score (nSPS) is 15.0. The molecule has 0 unspecified atom stereocenters. The third-order valence-electron chi connectivity index (χ3n) is 5.52. The predicted molar refractivity (Wildman–Crippen MR) is 127 cm³/mol. The summed E-state index contributed by atoms with van der Waals surface area (Å²) in [6.45, 7) is 5.82. The van der Waals surface area contributed by atoms with Gasteiger partial charge in [-0.15, -0.1) is 0 Å². The molecule has 0 radical (unpaired) electrons. The van der Waals surface area contributed by atoms with E-state index in [1.807, 2.05) is 24.5 Å². The van der Waals surface area contributed by atoms with Gasteiger partial charge in [0.05, 0.1) is 17.9 Å². The van der Waals surface area contributed by atoms with Gasteiger partial charge in [-0.1, -0.05) is 18.2 Å². The maximum absolute atomic E-state index is 13.1. The molecule has 8 heteroatoms. The SMILES string of the molecule is CCOC(=O)c1ccc(-n2c(C)cc(/C=C3/C(=O)NC(=O)N(c4ccccc4)C3=O)c2C)cc1. The molecule has 0 saturated carbocycles. The lowest BCUT2D eigenvalue weighted by atomic mass is 10.1. The summed E-state index contributed by atoms with van der Waals surface area (Å²) in [6, 6.07) is 16.5. The molecule has 0 bridgehead atoms. The first-order valence-corrected chi connectivity index (χ1v) is 10.7. The Kier molecular flexibility index (Phi) is 6.14. The molecule has 8 nitrogen and oxygen atoms in total. The molecule has 4 rings (SSSR count). The second-order valence-corrected chi connectivity index (χ2v) is 7.72. The molecule has 1 aromatic heterocycles. The van der Waals surface area contributed by atoms with Crippen LogP contribution in [-0.2, 0) is 14.3 Å². The number of urea groups is 1.